The molecule has 0 radical (unpaired) electrons. The van der Waals surface area contributed by atoms with E-state index in [0.29, 0.717) is 18.9 Å². The first kappa shape index (κ1) is 16.2. The number of ether oxygens (including phenoxy) is 1. The summed E-state index contributed by atoms with van der Waals surface area (Å²) >= 11 is 0. The van der Waals surface area contributed by atoms with Gasteiger partial charge in [-0.05, 0) is 44.2 Å². The van der Waals surface area contributed by atoms with E-state index in [1.54, 1.807) is 0 Å². The second-order valence-electron chi connectivity index (χ2n) is 5.71. The molecular formula is C16H23F2NO2. The van der Waals surface area contributed by atoms with E-state index < -0.39 is 11.6 Å². The Hall–Kier alpha value is -1.20. The molecule has 5 heteroatoms. The number of aliphatic hydroxyl groups is 1. The smallest absolute Gasteiger partial charge is 0.190 e. The van der Waals surface area contributed by atoms with Crippen LogP contribution in [0.4, 0.5) is 8.78 Å². The molecular weight excluding hydrogens is 276 g/mol. The molecule has 0 heterocycles. The van der Waals surface area contributed by atoms with Gasteiger partial charge in [-0.3, -0.25) is 0 Å². The van der Waals surface area contributed by atoms with Gasteiger partial charge in [-0.2, -0.15) is 0 Å². The molecule has 118 valence electrons. The SMILES string of the molecule is CCC(CO)(CCCOc1c(F)cccc1F)NC1CC1. The summed E-state index contributed by atoms with van der Waals surface area (Å²) in [6, 6.07) is 4.17. The summed E-state index contributed by atoms with van der Waals surface area (Å²) in [5, 5.41) is 13.1. The number of hydrogen-bond donors (Lipinski definition) is 2. The van der Waals surface area contributed by atoms with E-state index in [1.165, 1.54) is 18.2 Å². The van der Waals surface area contributed by atoms with E-state index in [9.17, 15) is 13.9 Å². The van der Waals surface area contributed by atoms with Crippen LogP contribution in [0.3, 0.4) is 0 Å². The highest BCUT2D eigenvalue weighted by Gasteiger charge is 2.33. The van der Waals surface area contributed by atoms with Crippen molar-refractivity contribution in [2.24, 2.45) is 0 Å². The Bertz CT molecular complexity index is 439. The van der Waals surface area contributed by atoms with Crippen molar-refractivity contribution in [3.63, 3.8) is 0 Å². The van der Waals surface area contributed by atoms with Gasteiger partial charge in [-0.1, -0.05) is 13.0 Å². The second-order valence-corrected chi connectivity index (χ2v) is 5.71. The molecule has 0 aliphatic heterocycles. The zero-order chi connectivity index (χ0) is 15.3. The van der Waals surface area contributed by atoms with Crippen LogP contribution in [0.15, 0.2) is 18.2 Å². The zero-order valence-electron chi connectivity index (χ0n) is 12.4. The van der Waals surface area contributed by atoms with Crippen LogP contribution in [0.25, 0.3) is 0 Å². The second kappa shape index (κ2) is 7.18. The van der Waals surface area contributed by atoms with Crippen LogP contribution < -0.4 is 10.1 Å². The molecule has 0 bridgehead atoms. The summed E-state index contributed by atoms with van der Waals surface area (Å²) in [4.78, 5) is 0. The maximum atomic E-state index is 13.4. The fraction of sp³-hybridized carbons (Fsp3) is 0.625. The van der Waals surface area contributed by atoms with E-state index in [-0.39, 0.29) is 24.5 Å². The van der Waals surface area contributed by atoms with Gasteiger partial charge in [-0.15, -0.1) is 0 Å². The molecule has 3 nitrogen and oxygen atoms in total. The van der Waals surface area contributed by atoms with Crippen LogP contribution in [0, 0.1) is 11.6 Å². The fourth-order valence-electron chi connectivity index (χ4n) is 2.45. The molecule has 1 aliphatic carbocycles. The zero-order valence-corrected chi connectivity index (χ0v) is 12.4. The Morgan fingerprint density at radius 1 is 1.33 bits per heavy atom. The molecule has 1 aromatic rings. The molecule has 1 saturated carbocycles. The summed E-state index contributed by atoms with van der Waals surface area (Å²) in [6.07, 6.45) is 4.46. The Morgan fingerprint density at radius 3 is 2.52 bits per heavy atom. The Morgan fingerprint density at radius 2 is 2.00 bits per heavy atom. The largest absolute Gasteiger partial charge is 0.488 e. The number of aliphatic hydroxyl groups excluding tert-OH is 1. The minimum absolute atomic E-state index is 0.0636. The van der Waals surface area contributed by atoms with Crippen LogP contribution >= 0.6 is 0 Å². The molecule has 1 aromatic carbocycles. The molecule has 1 fully saturated rings. The fourth-order valence-corrected chi connectivity index (χ4v) is 2.45. The van der Waals surface area contributed by atoms with Gasteiger partial charge in [0.1, 0.15) is 0 Å². The molecule has 1 unspecified atom stereocenters. The number of rotatable bonds is 9. The predicted molar refractivity (Wildman–Crippen MR) is 77.4 cm³/mol. The summed E-state index contributed by atoms with van der Waals surface area (Å²) in [5.74, 6) is -1.69. The highest BCUT2D eigenvalue weighted by Crippen LogP contribution is 2.27. The normalized spacial score (nSPS) is 17.5. The van der Waals surface area contributed by atoms with Crippen molar-refractivity contribution in [1.82, 2.24) is 5.32 Å². The lowest BCUT2D eigenvalue weighted by molar-refractivity contribution is 0.135. The maximum Gasteiger partial charge on any atom is 0.190 e. The highest BCUT2D eigenvalue weighted by molar-refractivity contribution is 5.25. The van der Waals surface area contributed by atoms with Crippen molar-refractivity contribution >= 4 is 0 Å². The van der Waals surface area contributed by atoms with E-state index in [4.69, 9.17) is 4.74 Å². The van der Waals surface area contributed by atoms with Crippen molar-refractivity contribution in [2.45, 2.75) is 50.6 Å². The molecule has 1 atom stereocenters. The summed E-state index contributed by atoms with van der Waals surface area (Å²) in [7, 11) is 0. The topological polar surface area (TPSA) is 41.5 Å². The third-order valence-corrected chi connectivity index (χ3v) is 4.03. The first-order chi connectivity index (χ1) is 10.1. The summed E-state index contributed by atoms with van der Waals surface area (Å²) in [6.45, 7) is 2.32. The first-order valence-electron chi connectivity index (χ1n) is 7.55. The lowest BCUT2D eigenvalue weighted by Crippen LogP contribution is -2.49. The quantitative estimate of drug-likeness (QED) is 0.689. The van der Waals surface area contributed by atoms with Gasteiger partial charge in [0.15, 0.2) is 17.4 Å². The average Bonchev–Trinajstić information content (AvgIpc) is 3.28. The third kappa shape index (κ3) is 4.38. The highest BCUT2D eigenvalue weighted by atomic mass is 19.1. The standard InChI is InChI=1S/C16H23F2NO2/c1-2-16(11-20,19-12-7-8-12)9-4-10-21-15-13(17)5-3-6-14(15)18/h3,5-6,12,19-20H,2,4,7-11H2,1H3. The van der Waals surface area contributed by atoms with Gasteiger partial charge in [-0.25, -0.2) is 8.78 Å². The van der Waals surface area contributed by atoms with Crippen LogP contribution in [0.5, 0.6) is 5.75 Å². The van der Waals surface area contributed by atoms with Crippen molar-refractivity contribution in [1.29, 1.82) is 0 Å². The number of para-hydroxylation sites is 1. The van der Waals surface area contributed by atoms with Gasteiger partial charge in [0.2, 0.25) is 0 Å². The van der Waals surface area contributed by atoms with E-state index in [1.807, 2.05) is 6.92 Å². The van der Waals surface area contributed by atoms with Crippen molar-refractivity contribution in [2.75, 3.05) is 13.2 Å². The van der Waals surface area contributed by atoms with Crippen molar-refractivity contribution in [3.8, 4) is 5.75 Å². The van der Waals surface area contributed by atoms with Crippen LogP contribution in [0.1, 0.15) is 39.0 Å². The molecule has 1 aliphatic rings. The molecule has 0 amide bonds. The minimum Gasteiger partial charge on any atom is -0.488 e. The van der Waals surface area contributed by atoms with Gasteiger partial charge in [0, 0.05) is 11.6 Å². The molecule has 0 aromatic heterocycles. The summed E-state index contributed by atoms with van der Waals surface area (Å²) < 4.78 is 32.0. The average molecular weight is 299 g/mol. The van der Waals surface area contributed by atoms with E-state index in [0.717, 1.165) is 19.3 Å². The molecule has 21 heavy (non-hydrogen) atoms. The Balaban J connectivity index is 1.82. The van der Waals surface area contributed by atoms with E-state index >= 15 is 0 Å². The van der Waals surface area contributed by atoms with Crippen molar-refractivity contribution < 1.29 is 18.6 Å². The van der Waals surface area contributed by atoms with E-state index in [2.05, 4.69) is 5.32 Å². The predicted octanol–water partition coefficient (Wildman–Crippen LogP) is 3.02. The van der Waals surface area contributed by atoms with Crippen LogP contribution in [-0.4, -0.2) is 29.9 Å². The number of nitrogens with one attached hydrogen (secondary N) is 1. The molecule has 0 saturated heterocycles. The van der Waals surface area contributed by atoms with Gasteiger partial charge in [0.05, 0.1) is 13.2 Å². The Kier molecular flexibility index (Phi) is 5.53. The maximum absolute atomic E-state index is 13.4. The molecule has 2 N–H and O–H groups in total. The van der Waals surface area contributed by atoms with Crippen LogP contribution in [0.2, 0.25) is 0 Å². The summed E-state index contributed by atoms with van der Waals surface area (Å²) in [5.41, 5.74) is -0.307. The van der Waals surface area contributed by atoms with Gasteiger partial charge < -0.3 is 15.2 Å². The van der Waals surface area contributed by atoms with Crippen LogP contribution in [-0.2, 0) is 0 Å². The monoisotopic (exact) mass is 299 g/mol. The Labute approximate surface area is 124 Å². The molecule has 0 spiro atoms. The first-order valence-corrected chi connectivity index (χ1v) is 7.55. The van der Waals surface area contributed by atoms with Gasteiger partial charge >= 0.3 is 0 Å². The molecule has 2 rings (SSSR count). The van der Waals surface area contributed by atoms with Crippen molar-refractivity contribution in [3.05, 3.63) is 29.8 Å². The lowest BCUT2D eigenvalue weighted by atomic mass is 9.91. The third-order valence-electron chi connectivity index (χ3n) is 4.03. The minimum atomic E-state index is -0.685. The number of benzene rings is 1. The lowest BCUT2D eigenvalue weighted by Gasteiger charge is -2.32. The van der Waals surface area contributed by atoms with Gasteiger partial charge in [0.25, 0.3) is 0 Å². The number of hydrogen-bond acceptors (Lipinski definition) is 3. The number of halogens is 2.